The molecule has 1 aliphatic rings. The summed E-state index contributed by atoms with van der Waals surface area (Å²) in [5.41, 5.74) is 2.91. The Bertz CT molecular complexity index is 998. The number of fused-ring (bicyclic) bond motifs is 1. The van der Waals surface area contributed by atoms with Crippen LogP contribution in [0, 0.1) is 0 Å². The van der Waals surface area contributed by atoms with Gasteiger partial charge in [0.05, 0.1) is 19.0 Å². The molecule has 4 rings (SSSR count). The summed E-state index contributed by atoms with van der Waals surface area (Å²) in [6.07, 6.45) is 4.75. The van der Waals surface area contributed by atoms with Crippen molar-refractivity contribution in [2.75, 3.05) is 19.1 Å². The lowest BCUT2D eigenvalue weighted by Gasteiger charge is -2.26. The lowest BCUT2D eigenvalue weighted by atomic mass is 9.93. The molecule has 1 saturated carbocycles. The number of hydrogen-bond acceptors (Lipinski definition) is 5. The number of rotatable bonds is 6. The van der Waals surface area contributed by atoms with Crippen LogP contribution in [-0.2, 0) is 6.54 Å². The molecule has 0 atom stereocenters. The van der Waals surface area contributed by atoms with E-state index in [0.717, 1.165) is 36.3 Å². The molecule has 0 radical (unpaired) electrons. The van der Waals surface area contributed by atoms with E-state index in [0.29, 0.717) is 23.0 Å². The van der Waals surface area contributed by atoms with Crippen molar-refractivity contribution in [3.05, 3.63) is 52.9 Å². The molecule has 0 unspecified atom stereocenters. The van der Waals surface area contributed by atoms with E-state index in [1.807, 2.05) is 36.2 Å². The summed E-state index contributed by atoms with van der Waals surface area (Å²) >= 11 is 6.25. The number of aromatic nitrogens is 3. The zero-order chi connectivity index (χ0) is 19.7. The molecular formula is C20H22ClN5O2. The van der Waals surface area contributed by atoms with Crippen LogP contribution in [0.1, 0.15) is 35.3 Å². The van der Waals surface area contributed by atoms with E-state index >= 15 is 0 Å². The number of halogens is 1. The predicted octanol–water partition coefficient (Wildman–Crippen LogP) is 3.31. The van der Waals surface area contributed by atoms with Gasteiger partial charge in [0.15, 0.2) is 16.5 Å². The fourth-order valence-corrected chi connectivity index (χ4v) is 3.44. The number of anilines is 1. The zero-order valence-corrected chi connectivity index (χ0v) is 16.6. The van der Waals surface area contributed by atoms with E-state index in [9.17, 15) is 4.79 Å². The number of ether oxygens (including phenoxy) is 1. The topological polar surface area (TPSA) is 71.8 Å². The molecule has 8 heteroatoms. The molecule has 28 heavy (non-hydrogen) atoms. The van der Waals surface area contributed by atoms with Crippen molar-refractivity contribution in [3.8, 4) is 5.75 Å². The lowest BCUT2D eigenvalue weighted by Crippen LogP contribution is -2.40. The molecule has 1 aromatic carbocycles. The number of carbonyl (C=O) groups is 1. The Labute approximate surface area is 168 Å². The third-order valence-electron chi connectivity index (χ3n) is 5.08. The highest BCUT2D eigenvalue weighted by Crippen LogP contribution is 2.26. The minimum absolute atomic E-state index is 0.171. The normalized spacial score (nSPS) is 14.0. The van der Waals surface area contributed by atoms with Gasteiger partial charge in [-0.25, -0.2) is 9.50 Å². The van der Waals surface area contributed by atoms with Crippen molar-refractivity contribution in [1.82, 2.24) is 19.9 Å². The number of imidazole rings is 1. The Morgan fingerprint density at radius 1 is 1.36 bits per heavy atom. The van der Waals surface area contributed by atoms with Gasteiger partial charge in [-0.1, -0.05) is 23.7 Å². The van der Waals surface area contributed by atoms with Crippen LogP contribution in [0.4, 0.5) is 5.69 Å². The summed E-state index contributed by atoms with van der Waals surface area (Å²) in [6.45, 7) is 0.649. The van der Waals surface area contributed by atoms with Crippen LogP contribution in [-0.4, -0.2) is 40.7 Å². The monoisotopic (exact) mass is 399 g/mol. The number of methoxy groups -OCH3 is 1. The average molecular weight is 400 g/mol. The van der Waals surface area contributed by atoms with E-state index < -0.39 is 0 Å². The predicted molar refractivity (Wildman–Crippen MR) is 108 cm³/mol. The highest BCUT2D eigenvalue weighted by molar-refractivity contribution is 6.29. The number of hydrogen-bond donors (Lipinski definition) is 1. The van der Waals surface area contributed by atoms with Gasteiger partial charge < -0.3 is 15.0 Å². The third-order valence-corrected chi connectivity index (χ3v) is 5.27. The Hall–Kier alpha value is -2.80. The van der Waals surface area contributed by atoms with E-state index in [-0.39, 0.29) is 11.9 Å². The number of carbonyl (C=O) groups excluding carboxylic acids is 1. The molecule has 146 valence electrons. The maximum atomic E-state index is 12.6. The fraction of sp³-hybridized carbons (Fsp3) is 0.350. The molecule has 0 saturated heterocycles. The molecule has 2 aromatic heterocycles. The van der Waals surface area contributed by atoms with Gasteiger partial charge in [-0.15, -0.1) is 0 Å². The summed E-state index contributed by atoms with van der Waals surface area (Å²) in [6, 6.07) is 9.89. The summed E-state index contributed by atoms with van der Waals surface area (Å²) in [4.78, 5) is 19.1. The third kappa shape index (κ3) is 3.62. The number of amides is 1. The molecule has 7 nitrogen and oxygen atoms in total. The first-order valence-corrected chi connectivity index (χ1v) is 9.62. The molecule has 0 spiro atoms. The molecule has 0 bridgehead atoms. The Balaban J connectivity index is 1.61. The molecule has 1 aliphatic carbocycles. The molecule has 1 N–H and O–H groups in total. The van der Waals surface area contributed by atoms with Crippen molar-refractivity contribution in [1.29, 1.82) is 0 Å². The van der Waals surface area contributed by atoms with E-state index in [1.165, 1.54) is 4.52 Å². The fourth-order valence-electron chi connectivity index (χ4n) is 3.26. The minimum atomic E-state index is -0.171. The van der Waals surface area contributed by atoms with Crippen LogP contribution < -0.4 is 15.0 Å². The van der Waals surface area contributed by atoms with Crippen LogP contribution in [0.2, 0.25) is 5.15 Å². The molecule has 3 aromatic rings. The van der Waals surface area contributed by atoms with E-state index in [2.05, 4.69) is 15.4 Å². The highest BCUT2D eigenvalue weighted by atomic mass is 35.5. The van der Waals surface area contributed by atoms with Gasteiger partial charge in [-0.05, 0) is 37.0 Å². The molecule has 1 fully saturated rings. The Morgan fingerprint density at radius 3 is 2.75 bits per heavy atom. The smallest absolute Gasteiger partial charge is 0.271 e. The summed E-state index contributed by atoms with van der Waals surface area (Å²) in [5.74, 6) is 0.645. The Morgan fingerprint density at radius 2 is 2.11 bits per heavy atom. The van der Waals surface area contributed by atoms with Gasteiger partial charge in [0.1, 0.15) is 5.75 Å². The van der Waals surface area contributed by atoms with Crippen LogP contribution >= 0.6 is 11.6 Å². The second-order valence-electron chi connectivity index (χ2n) is 7.04. The van der Waals surface area contributed by atoms with Crippen LogP contribution in [0.15, 0.2) is 36.5 Å². The van der Waals surface area contributed by atoms with Crippen molar-refractivity contribution in [2.45, 2.75) is 31.8 Å². The van der Waals surface area contributed by atoms with Crippen LogP contribution in [0.5, 0.6) is 5.75 Å². The number of nitrogens with one attached hydrogen (secondary N) is 1. The van der Waals surface area contributed by atoms with Gasteiger partial charge in [0.2, 0.25) is 0 Å². The average Bonchev–Trinajstić information content (AvgIpc) is 3.08. The summed E-state index contributed by atoms with van der Waals surface area (Å²) < 4.78 is 6.73. The van der Waals surface area contributed by atoms with Gasteiger partial charge >= 0.3 is 0 Å². The maximum Gasteiger partial charge on any atom is 0.271 e. The maximum absolute atomic E-state index is 12.6. The first kappa shape index (κ1) is 18.6. The highest BCUT2D eigenvalue weighted by Gasteiger charge is 2.23. The summed E-state index contributed by atoms with van der Waals surface area (Å²) in [5, 5.41) is 7.62. The minimum Gasteiger partial charge on any atom is -0.497 e. The quantitative estimate of drug-likeness (QED) is 0.688. The molecule has 1 amide bonds. The lowest BCUT2D eigenvalue weighted by molar-refractivity contribution is 0.0910. The van der Waals surface area contributed by atoms with Crippen molar-refractivity contribution < 1.29 is 9.53 Å². The standard InChI is InChI=1S/C20H22ClN5O2/c1-25(12-13-6-8-15(28-2)9-7-13)16-10-18(21)24-26-17(11-22-19(16)26)20(27)23-14-4-3-5-14/h6-11,14H,3-5,12H2,1-2H3,(H,23,27). The van der Waals surface area contributed by atoms with Gasteiger partial charge in [0, 0.05) is 25.7 Å². The largest absolute Gasteiger partial charge is 0.497 e. The Kier molecular flexibility index (Phi) is 5.09. The van der Waals surface area contributed by atoms with E-state index in [1.54, 1.807) is 19.4 Å². The first-order chi connectivity index (χ1) is 13.5. The van der Waals surface area contributed by atoms with Crippen molar-refractivity contribution in [2.24, 2.45) is 0 Å². The molecule has 2 heterocycles. The van der Waals surface area contributed by atoms with Crippen molar-refractivity contribution >= 4 is 28.8 Å². The van der Waals surface area contributed by atoms with Gasteiger partial charge in [0.25, 0.3) is 5.91 Å². The second-order valence-corrected chi connectivity index (χ2v) is 7.42. The van der Waals surface area contributed by atoms with E-state index in [4.69, 9.17) is 16.3 Å². The van der Waals surface area contributed by atoms with Gasteiger partial charge in [-0.3, -0.25) is 4.79 Å². The zero-order valence-electron chi connectivity index (χ0n) is 15.9. The van der Waals surface area contributed by atoms with Gasteiger partial charge in [-0.2, -0.15) is 5.10 Å². The molecular weight excluding hydrogens is 378 g/mol. The van der Waals surface area contributed by atoms with Crippen LogP contribution in [0.3, 0.4) is 0 Å². The second kappa shape index (κ2) is 7.67. The molecule has 0 aliphatic heterocycles. The van der Waals surface area contributed by atoms with Crippen LogP contribution in [0.25, 0.3) is 5.65 Å². The summed E-state index contributed by atoms with van der Waals surface area (Å²) in [7, 11) is 3.60. The number of benzene rings is 1. The first-order valence-electron chi connectivity index (χ1n) is 9.24. The number of nitrogens with zero attached hydrogens (tertiary/aromatic N) is 4. The van der Waals surface area contributed by atoms with Crippen molar-refractivity contribution in [3.63, 3.8) is 0 Å². The SMILES string of the molecule is COc1ccc(CN(C)c2cc(Cl)nn3c(C(=O)NC4CCC4)cnc23)cc1.